The van der Waals surface area contributed by atoms with Crippen LogP contribution in [0.1, 0.15) is 26.2 Å². The Morgan fingerprint density at radius 3 is 2.85 bits per heavy atom. The molecule has 2 rings (SSSR count). The molecule has 0 aromatic carbocycles. The lowest BCUT2D eigenvalue weighted by atomic mass is 10.1. The molecule has 3 heteroatoms. The van der Waals surface area contributed by atoms with Crippen LogP contribution in [0.25, 0.3) is 0 Å². The van der Waals surface area contributed by atoms with Crippen molar-refractivity contribution in [3.8, 4) is 0 Å². The van der Waals surface area contributed by atoms with Crippen molar-refractivity contribution in [1.82, 2.24) is 4.90 Å². The van der Waals surface area contributed by atoms with Crippen LogP contribution in [0.4, 0.5) is 0 Å². The molecule has 0 spiro atoms. The van der Waals surface area contributed by atoms with Gasteiger partial charge in [0.15, 0.2) is 0 Å². The fourth-order valence-corrected chi connectivity index (χ4v) is 2.52. The molecule has 76 valence electrons. The van der Waals surface area contributed by atoms with Crippen molar-refractivity contribution in [3.63, 3.8) is 0 Å². The Morgan fingerprint density at radius 1 is 1.46 bits per heavy atom. The number of aliphatic hydroxyl groups is 1. The first-order chi connectivity index (χ1) is 6.27. The van der Waals surface area contributed by atoms with E-state index in [1.807, 2.05) is 0 Å². The lowest BCUT2D eigenvalue weighted by Crippen LogP contribution is -2.43. The second-order valence-corrected chi connectivity index (χ2v) is 4.31. The molecule has 2 fully saturated rings. The second kappa shape index (κ2) is 3.95. The third kappa shape index (κ3) is 2.03. The molecule has 0 bridgehead atoms. The van der Waals surface area contributed by atoms with Gasteiger partial charge in [-0.2, -0.15) is 0 Å². The van der Waals surface area contributed by atoms with Crippen LogP contribution in [-0.2, 0) is 4.74 Å². The molecular formula is C10H19NO2. The minimum Gasteiger partial charge on any atom is -0.392 e. The average Bonchev–Trinajstić information content (AvgIpc) is 2.47. The number of aliphatic hydroxyl groups excluding tert-OH is 1. The molecule has 2 saturated heterocycles. The Morgan fingerprint density at radius 2 is 2.31 bits per heavy atom. The number of β-amino-alcohol motifs (C(OH)–C–C–N with tert-alkyl or cyclic N) is 1. The van der Waals surface area contributed by atoms with Gasteiger partial charge in [-0.1, -0.05) is 0 Å². The number of ether oxygens (including phenoxy) is 1. The second-order valence-electron chi connectivity index (χ2n) is 4.31. The van der Waals surface area contributed by atoms with Crippen LogP contribution in [0.15, 0.2) is 0 Å². The van der Waals surface area contributed by atoms with Crippen LogP contribution >= 0.6 is 0 Å². The summed E-state index contributed by atoms with van der Waals surface area (Å²) in [5, 5.41) is 9.52. The fourth-order valence-electron chi connectivity index (χ4n) is 2.52. The van der Waals surface area contributed by atoms with Crippen LogP contribution in [0.3, 0.4) is 0 Å². The Labute approximate surface area is 79.7 Å². The molecule has 3 atom stereocenters. The van der Waals surface area contributed by atoms with E-state index in [0.29, 0.717) is 12.1 Å². The molecule has 0 saturated carbocycles. The van der Waals surface area contributed by atoms with Gasteiger partial charge in [-0.3, -0.25) is 4.90 Å². The van der Waals surface area contributed by atoms with Gasteiger partial charge in [0.2, 0.25) is 0 Å². The maximum atomic E-state index is 9.52. The first kappa shape index (κ1) is 9.44. The lowest BCUT2D eigenvalue weighted by molar-refractivity contribution is 0.0119. The van der Waals surface area contributed by atoms with Gasteiger partial charge in [-0.25, -0.2) is 0 Å². The van der Waals surface area contributed by atoms with Crippen molar-refractivity contribution in [2.45, 2.75) is 44.4 Å². The maximum absolute atomic E-state index is 9.52. The van der Waals surface area contributed by atoms with Crippen LogP contribution in [0.2, 0.25) is 0 Å². The highest BCUT2D eigenvalue weighted by Gasteiger charge is 2.33. The van der Waals surface area contributed by atoms with Crippen LogP contribution in [-0.4, -0.2) is 48.0 Å². The smallest absolute Gasteiger partial charge is 0.0682 e. The molecule has 2 aliphatic rings. The van der Waals surface area contributed by atoms with Gasteiger partial charge in [0.25, 0.3) is 0 Å². The highest BCUT2D eigenvalue weighted by Crippen LogP contribution is 2.24. The summed E-state index contributed by atoms with van der Waals surface area (Å²) in [5.74, 6) is 0. The van der Waals surface area contributed by atoms with E-state index in [9.17, 15) is 5.11 Å². The molecule has 3 nitrogen and oxygen atoms in total. The van der Waals surface area contributed by atoms with Crippen LogP contribution in [0.5, 0.6) is 0 Å². The zero-order valence-corrected chi connectivity index (χ0v) is 8.28. The van der Waals surface area contributed by atoms with Crippen LogP contribution in [0, 0.1) is 0 Å². The SMILES string of the molecule is CC1CC(O)CN1C1CCCOC1. The molecule has 0 aromatic rings. The van der Waals surface area contributed by atoms with E-state index >= 15 is 0 Å². The molecule has 0 radical (unpaired) electrons. The van der Waals surface area contributed by atoms with Gasteiger partial charge in [-0.15, -0.1) is 0 Å². The van der Waals surface area contributed by atoms with Gasteiger partial charge < -0.3 is 9.84 Å². The summed E-state index contributed by atoms with van der Waals surface area (Å²) < 4.78 is 5.45. The summed E-state index contributed by atoms with van der Waals surface area (Å²) in [6.45, 7) is 4.82. The molecule has 1 N–H and O–H groups in total. The summed E-state index contributed by atoms with van der Waals surface area (Å²) in [5.41, 5.74) is 0. The number of likely N-dealkylation sites (tertiary alicyclic amines) is 1. The molecule has 0 amide bonds. The Hall–Kier alpha value is -0.120. The molecule has 0 aliphatic carbocycles. The van der Waals surface area contributed by atoms with E-state index in [1.165, 1.54) is 12.8 Å². The topological polar surface area (TPSA) is 32.7 Å². The standard InChI is InChI=1S/C10H19NO2/c1-8-5-10(12)6-11(8)9-3-2-4-13-7-9/h8-10,12H,2-7H2,1H3. The van der Waals surface area contributed by atoms with Gasteiger partial charge >= 0.3 is 0 Å². The molecule has 2 heterocycles. The monoisotopic (exact) mass is 185 g/mol. The van der Waals surface area contributed by atoms with Crippen molar-refractivity contribution in [2.24, 2.45) is 0 Å². The number of nitrogens with zero attached hydrogens (tertiary/aromatic N) is 1. The van der Waals surface area contributed by atoms with Gasteiger partial charge in [0.1, 0.15) is 0 Å². The molecule has 13 heavy (non-hydrogen) atoms. The van der Waals surface area contributed by atoms with E-state index in [4.69, 9.17) is 4.74 Å². The minimum atomic E-state index is -0.114. The normalized spacial score (nSPS) is 42.5. The maximum Gasteiger partial charge on any atom is 0.0682 e. The lowest BCUT2D eigenvalue weighted by Gasteiger charge is -2.33. The highest BCUT2D eigenvalue weighted by atomic mass is 16.5. The Kier molecular flexibility index (Phi) is 2.86. The average molecular weight is 185 g/mol. The Balaban J connectivity index is 1.91. The predicted octanol–water partition coefficient (Wildman–Crippen LogP) is 0.620. The molecular weight excluding hydrogens is 166 g/mol. The van der Waals surface area contributed by atoms with Gasteiger partial charge in [0.05, 0.1) is 12.7 Å². The quantitative estimate of drug-likeness (QED) is 0.650. The molecule has 0 aromatic heterocycles. The van der Waals surface area contributed by atoms with Crippen molar-refractivity contribution >= 4 is 0 Å². The highest BCUT2D eigenvalue weighted by molar-refractivity contribution is 4.87. The molecule has 3 unspecified atom stereocenters. The van der Waals surface area contributed by atoms with Gasteiger partial charge in [-0.05, 0) is 26.2 Å². The van der Waals surface area contributed by atoms with E-state index in [1.54, 1.807) is 0 Å². The van der Waals surface area contributed by atoms with Crippen molar-refractivity contribution in [3.05, 3.63) is 0 Å². The third-order valence-electron chi connectivity index (χ3n) is 3.21. The minimum absolute atomic E-state index is 0.114. The van der Waals surface area contributed by atoms with E-state index in [-0.39, 0.29) is 6.10 Å². The van der Waals surface area contributed by atoms with E-state index in [2.05, 4.69) is 11.8 Å². The molecule has 2 aliphatic heterocycles. The van der Waals surface area contributed by atoms with Crippen molar-refractivity contribution in [2.75, 3.05) is 19.8 Å². The van der Waals surface area contributed by atoms with Crippen LogP contribution < -0.4 is 0 Å². The first-order valence-corrected chi connectivity index (χ1v) is 5.29. The third-order valence-corrected chi connectivity index (χ3v) is 3.21. The van der Waals surface area contributed by atoms with E-state index in [0.717, 1.165) is 26.2 Å². The Bertz CT molecular complexity index is 168. The first-order valence-electron chi connectivity index (χ1n) is 5.29. The summed E-state index contributed by atoms with van der Waals surface area (Å²) in [6, 6.07) is 1.09. The fraction of sp³-hybridized carbons (Fsp3) is 1.00. The number of hydrogen-bond acceptors (Lipinski definition) is 3. The predicted molar refractivity (Wildman–Crippen MR) is 50.6 cm³/mol. The zero-order valence-electron chi connectivity index (χ0n) is 8.28. The summed E-state index contributed by atoms with van der Waals surface area (Å²) in [6.07, 6.45) is 3.22. The number of hydrogen-bond donors (Lipinski definition) is 1. The van der Waals surface area contributed by atoms with Crippen molar-refractivity contribution in [1.29, 1.82) is 0 Å². The summed E-state index contributed by atoms with van der Waals surface area (Å²) in [7, 11) is 0. The largest absolute Gasteiger partial charge is 0.392 e. The van der Waals surface area contributed by atoms with E-state index < -0.39 is 0 Å². The van der Waals surface area contributed by atoms with Crippen molar-refractivity contribution < 1.29 is 9.84 Å². The summed E-state index contributed by atoms with van der Waals surface area (Å²) >= 11 is 0. The zero-order chi connectivity index (χ0) is 9.26. The number of rotatable bonds is 1. The summed E-state index contributed by atoms with van der Waals surface area (Å²) in [4.78, 5) is 2.41. The van der Waals surface area contributed by atoms with Gasteiger partial charge in [0, 0.05) is 25.2 Å².